The minimum atomic E-state index is 0. The average Bonchev–Trinajstić information content (AvgIpc) is 2.27. The Morgan fingerprint density at radius 3 is 1.59 bits per heavy atom. The molecule has 0 aromatic heterocycles. The van der Waals surface area contributed by atoms with Crippen LogP contribution in [0, 0.1) is 0 Å². The Balaban J connectivity index is 0. The number of halogens is 2. The Hall–Kier alpha value is 0.980. The maximum Gasteiger partial charge on any atom is 0.129 e. The van der Waals surface area contributed by atoms with E-state index < -0.39 is 0 Å². The van der Waals surface area contributed by atoms with E-state index in [2.05, 4.69) is 43.6 Å². The van der Waals surface area contributed by atoms with Crippen molar-refractivity contribution in [3.05, 3.63) is 0 Å². The van der Waals surface area contributed by atoms with E-state index in [1.54, 1.807) is 0 Å². The quantitative estimate of drug-likeness (QED) is 0.170. The molecule has 0 aliphatic rings. The lowest BCUT2D eigenvalue weighted by Crippen LogP contribution is -3.00. The van der Waals surface area contributed by atoms with Crippen molar-refractivity contribution >= 4 is 22.6 Å². The molecule has 0 aliphatic heterocycles. The highest BCUT2D eigenvalue weighted by Gasteiger charge is 2.10. The summed E-state index contributed by atoms with van der Waals surface area (Å²) in [5.41, 5.74) is 0. The lowest BCUT2D eigenvalue weighted by atomic mass is 10.1. The lowest BCUT2D eigenvalue weighted by molar-refractivity contribution is -0.874. The summed E-state index contributed by atoms with van der Waals surface area (Å²) in [6.45, 7) is 3.63. The summed E-state index contributed by atoms with van der Waals surface area (Å²) in [5.74, 6) is 0. The fourth-order valence-electron chi connectivity index (χ4n) is 1.91. The van der Waals surface area contributed by atoms with Crippen LogP contribution in [0.5, 0.6) is 0 Å². The van der Waals surface area contributed by atoms with Gasteiger partial charge in [-0.25, -0.2) is 0 Å². The zero-order valence-electron chi connectivity index (χ0n) is 12.0. The van der Waals surface area contributed by atoms with Gasteiger partial charge >= 0.3 is 0 Å². The van der Waals surface area contributed by atoms with Gasteiger partial charge in [0.2, 0.25) is 0 Å². The van der Waals surface area contributed by atoms with Crippen LogP contribution in [0.2, 0.25) is 0 Å². The third kappa shape index (κ3) is 14.9. The Bertz CT molecular complexity index is 151. The van der Waals surface area contributed by atoms with Crippen LogP contribution in [-0.4, -0.2) is 29.7 Å². The minimum absolute atomic E-state index is 0. The largest absolute Gasteiger partial charge is 1.00 e. The molecule has 106 valence electrons. The SMILES string of the molecule is CCCCCCCCCCC[N+](C)(C)CI.[Cl-]. The van der Waals surface area contributed by atoms with E-state index >= 15 is 0 Å². The van der Waals surface area contributed by atoms with Crippen LogP contribution in [-0.2, 0) is 0 Å². The molecule has 3 heteroatoms. The number of hydrogen-bond acceptors (Lipinski definition) is 0. The van der Waals surface area contributed by atoms with Crippen LogP contribution < -0.4 is 12.4 Å². The Morgan fingerprint density at radius 2 is 1.18 bits per heavy atom. The standard InChI is InChI=1S/C14H31IN.ClH/c1-4-5-6-7-8-9-10-11-12-13-16(2,3)14-15;/h4-14H2,1-3H3;1H/q+1;/p-1. The number of alkyl halides is 1. The van der Waals surface area contributed by atoms with Gasteiger partial charge in [0.15, 0.2) is 0 Å². The highest BCUT2D eigenvalue weighted by molar-refractivity contribution is 14.1. The van der Waals surface area contributed by atoms with E-state index in [1.807, 2.05) is 0 Å². The third-order valence-corrected chi connectivity index (χ3v) is 5.04. The number of nitrogens with zero attached hydrogens (tertiary/aromatic N) is 1. The van der Waals surface area contributed by atoms with Crippen molar-refractivity contribution in [2.45, 2.75) is 64.7 Å². The van der Waals surface area contributed by atoms with Crippen LogP contribution in [0.1, 0.15) is 64.7 Å². The molecule has 0 saturated carbocycles. The second kappa shape index (κ2) is 13.4. The molecule has 0 aromatic rings. The van der Waals surface area contributed by atoms with E-state index in [-0.39, 0.29) is 12.4 Å². The third-order valence-electron chi connectivity index (χ3n) is 3.19. The van der Waals surface area contributed by atoms with Crippen molar-refractivity contribution < 1.29 is 16.9 Å². The Labute approximate surface area is 129 Å². The zero-order valence-corrected chi connectivity index (χ0v) is 14.9. The first-order chi connectivity index (χ1) is 7.62. The number of quaternary nitrogens is 1. The van der Waals surface area contributed by atoms with Crippen molar-refractivity contribution in [2.75, 3.05) is 25.2 Å². The van der Waals surface area contributed by atoms with Gasteiger partial charge in [0.25, 0.3) is 0 Å². The van der Waals surface area contributed by atoms with Crippen LogP contribution >= 0.6 is 22.6 Å². The summed E-state index contributed by atoms with van der Waals surface area (Å²) >= 11 is 2.49. The van der Waals surface area contributed by atoms with Gasteiger partial charge in [-0.1, -0.05) is 51.9 Å². The Kier molecular flexibility index (Phi) is 16.0. The van der Waals surface area contributed by atoms with Gasteiger partial charge in [-0.3, -0.25) is 0 Å². The van der Waals surface area contributed by atoms with Crippen molar-refractivity contribution in [3.8, 4) is 0 Å². The number of hydrogen-bond donors (Lipinski definition) is 0. The number of unbranched alkanes of at least 4 members (excludes halogenated alkanes) is 8. The van der Waals surface area contributed by atoms with E-state index in [4.69, 9.17) is 0 Å². The second-order valence-corrected chi connectivity index (χ2v) is 6.29. The molecular formula is C14H31ClIN. The van der Waals surface area contributed by atoms with E-state index in [0.717, 1.165) is 0 Å². The molecule has 0 fully saturated rings. The first-order valence-corrected chi connectivity index (χ1v) is 8.53. The Morgan fingerprint density at radius 1 is 0.765 bits per heavy atom. The summed E-state index contributed by atoms with van der Waals surface area (Å²) in [6, 6.07) is 0. The smallest absolute Gasteiger partial charge is 0.129 e. The summed E-state index contributed by atoms with van der Waals surface area (Å²) in [5, 5.41) is 0. The molecule has 17 heavy (non-hydrogen) atoms. The molecule has 0 rings (SSSR count). The molecule has 0 N–H and O–H groups in total. The van der Waals surface area contributed by atoms with Crippen LogP contribution in [0.25, 0.3) is 0 Å². The molecule has 0 aliphatic carbocycles. The average molecular weight is 376 g/mol. The second-order valence-electron chi connectivity index (χ2n) is 5.61. The lowest BCUT2D eigenvalue weighted by Gasteiger charge is -2.27. The fourth-order valence-corrected chi connectivity index (χ4v) is 2.25. The van der Waals surface area contributed by atoms with Gasteiger partial charge in [0, 0.05) is 0 Å². The molecule has 0 radical (unpaired) electrons. The molecule has 0 bridgehead atoms. The zero-order chi connectivity index (χ0) is 12.3. The van der Waals surface area contributed by atoms with Crippen molar-refractivity contribution in [3.63, 3.8) is 0 Å². The summed E-state index contributed by atoms with van der Waals surface area (Å²) in [6.07, 6.45) is 12.9. The molecule has 0 spiro atoms. The number of rotatable bonds is 11. The van der Waals surface area contributed by atoms with E-state index in [0.29, 0.717) is 0 Å². The summed E-state index contributed by atoms with van der Waals surface area (Å²) in [4.78, 5) is 0. The summed E-state index contributed by atoms with van der Waals surface area (Å²) < 4.78 is 2.41. The predicted octanol–water partition coefficient (Wildman–Crippen LogP) is 1.99. The molecule has 0 saturated heterocycles. The normalized spacial score (nSPS) is 11.3. The van der Waals surface area contributed by atoms with Crippen LogP contribution in [0.4, 0.5) is 0 Å². The van der Waals surface area contributed by atoms with Crippen molar-refractivity contribution in [1.29, 1.82) is 0 Å². The summed E-state index contributed by atoms with van der Waals surface area (Å²) in [7, 11) is 4.66. The fraction of sp³-hybridized carbons (Fsp3) is 1.00. The van der Waals surface area contributed by atoms with Crippen LogP contribution in [0.3, 0.4) is 0 Å². The first-order valence-electron chi connectivity index (χ1n) is 7.00. The molecular weight excluding hydrogens is 345 g/mol. The minimum Gasteiger partial charge on any atom is -1.00 e. The first kappa shape index (κ1) is 20.3. The maximum absolute atomic E-state index is 2.49. The van der Waals surface area contributed by atoms with Gasteiger partial charge in [0.05, 0.1) is 20.6 Å². The van der Waals surface area contributed by atoms with Gasteiger partial charge in [0.1, 0.15) is 4.55 Å². The van der Waals surface area contributed by atoms with Crippen LogP contribution in [0.15, 0.2) is 0 Å². The predicted molar refractivity (Wildman–Crippen MR) is 83.1 cm³/mol. The highest BCUT2D eigenvalue weighted by Crippen LogP contribution is 2.11. The van der Waals surface area contributed by atoms with E-state index in [1.165, 1.54) is 73.4 Å². The molecule has 1 nitrogen and oxygen atoms in total. The van der Waals surface area contributed by atoms with E-state index in [9.17, 15) is 0 Å². The maximum atomic E-state index is 2.49. The van der Waals surface area contributed by atoms with Gasteiger partial charge in [-0.2, -0.15) is 0 Å². The molecule has 0 aromatic carbocycles. The van der Waals surface area contributed by atoms with Crippen molar-refractivity contribution in [1.82, 2.24) is 0 Å². The topological polar surface area (TPSA) is 0 Å². The molecule has 0 heterocycles. The van der Waals surface area contributed by atoms with Gasteiger partial charge < -0.3 is 16.9 Å². The van der Waals surface area contributed by atoms with Gasteiger partial charge in [-0.05, 0) is 35.4 Å². The molecule has 0 amide bonds. The van der Waals surface area contributed by atoms with Gasteiger partial charge in [-0.15, -0.1) is 0 Å². The highest BCUT2D eigenvalue weighted by atomic mass is 127. The molecule has 0 unspecified atom stereocenters. The molecule has 0 atom stereocenters. The van der Waals surface area contributed by atoms with Crippen molar-refractivity contribution in [2.24, 2.45) is 0 Å². The monoisotopic (exact) mass is 375 g/mol.